The number of ether oxygens (including phenoxy) is 1. The number of aromatic hydroxyl groups is 1. The molecule has 7 nitrogen and oxygen atoms in total. The van der Waals surface area contributed by atoms with Crippen molar-refractivity contribution in [1.29, 1.82) is 0 Å². The smallest absolute Gasteiger partial charge is 0.178 e. The van der Waals surface area contributed by atoms with Gasteiger partial charge in [-0.3, -0.25) is 4.90 Å². The summed E-state index contributed by atoms with van der Waals surface area (Å²) in [5.74, 6) is 1.23. The maximum absolute atomic E-state index is 10.7. The van der Waals surface area contributed by atoms with Crippen molar-refractivity contribution < 1.29 is 9.84 Å². The summed E-state index contributed by atoms with van der Waals surface area (Å²) in [6.45, 7) is 2.48. The third kappa shape index (κ3) is 4.37. The first kappa shape index (κ1) is 22.0. The Labute approximate surface area is 195 Å². The Morgan fingerprint density at radius 1 is 1.09 bits per heavy atom. The van der Waals surface area contributed by atoms with Crippen LogP contribution in [0, 0.1) is 6.92 Å². The van der Waals surface area contributed by atoms with E-state index in [1.54, 1.807) is 10.7 Å². The first-order valence-electron chi connectivity index (χ1n) is 10.1. The largest absolute Gasteiger partial charge is 0.504 e. The van der Waals surface area contributed by atoms with Gasteiger partial charge in [-0.15, -0.1) is 5.10 Å². The van der Waals surface area contributed by atoms with Gasteiger partial charge in [0.05, 0.1) is 18.8 Å². The van der Waals surface area contributed by atoms with Crippen molar-refractivity contribution >= 4 is 15.9 Å². The minimum Gasteiger partial charge on any atom is -0.504 e. The monoisotopic (exact) mass is 493 g/mol. The summed E-state index contributed by atoms with van der Waals surface area (Å²) < 4.78 is 7.93. The number of methoxy groups -OCH3 is 1. The van der Waals surface area contributed by atoms with Gasteiger partial charge in [0.2, 0.25) is 0 Å². The normalized spacial score (nSPS) is 12.2. The summed E-state index contributed by atoms with van der Waals surface area (Å²) in [7, 11) is 3.53. The van der Waals surface area contributed by atoms with E-state index in [1.165, 1.54) is 7.11 Å². The number of hydrogen-bond donors (Lipinski definition) is 1. The highest BCUT2D eigenvalue weighted by Crippen LogP contribution is 2.36. The van der Waals surface area contributed by atoms with Gasteiger partial charge < -0.3 is 9.84 Å². The Hall–Kier alpha value is -3.23. The maximum atomic E-state index is 10.7. The Bertz CT molecular complexity index is 1210. The molecule has 3 aromatic carbocycles. The molecule has 0 bridgehead atoms. The average Bonchev–Trinajstić information content (AvgIpc) is 3.26. The molecular formula is C24H24BrN5O2. The van der Waals surface area contributed by atoms with E-state index in [1.807, 2.05) is 62.5 Å². The predicted molar refractivity (Wildman–Crippen MR) is 126 cm³/mol. The fraction of sp³-hybridized carbons (Fsp3) is 0.208. The Morgan fingerprint density at radius 2 is 1.81 bits per heavy atom. The van der Waals surface area contributed by atoms with E-state index in [0.717, 1.165) is 26.9 Å². The second-order valence-corrected chi connectivity index (χ2v) is 8.50. The maximum Gasteiger partial charge on any atom is 0.178 e. The molecule has 0 spiro atoms. The molecule has 1 atom stereocenters. The van der Waals surface area contributed by atoms with Gasteiger partial charge in [0.15, 0.2) is 17.3 Å². The van der Waals surface area contributed by atoms with Crippen LogP contribution in [-0.2, 0) is 6.54 Å². The van der Waals surface area contributed by atoms with Crippen LogP contribution in [0.15, 0.2) is 71.2 Å². The number of nitrogens with zero attached hydrogens (tertiary/aromatic N) is 5. The van der Waals surface area contributed by atoms with Crippen LogP contribution in [0.3, 0.4) is 0 Å². The lowest BCUT2D eigenvalue weighted by Crippen LogP contribution is -2.28. The molecule has 1 aromatic heterocycles. The molecule has 0 aliphatic carbocycles. The lowest BCUT2D eigenvalue weighted by molar-refractivity contribution is 0.253. The molecule has 0 aliphatic rings. The summed E-state index contributed by atoms with van der Waals surface area (Å²) in [5.41, 5.74) is 3.77. The summed E-state index contributed by atoms with van der Waals surface area (Å²) >= 11 is 3.50. The third-order valence-corrected chi connectivity index (χ3v) is 5.85. The van der Waals surface area contributed by atoms with E-state index in [9.17, 15) is 5.11 Å². The van der Waals surface area contributed by atoms with Gasteiger partial charge in [0.25, 0.3) is 0 Å². The SMILES string of the molecule is COc1cc(Br)cc(CN(C)[C@H](c2ccccc2)c2nnnn2-c2ccccc2C)c1O. The van der Waals surface area contributed by atoms with Crippen molar-refractivity contribution in [2.24, 2.45) is 0 Å². The number of rotatable bonds is 7. The zero-order valence-electron chi connectivity index (χ0n) is 18.1. The molecule has 4 rings (SSSR count). The van der Waals surface area contributed by atoms with Crippen LogP contribution in [0.5, 0.6) is 11.5 Å². The van der Waals surface area contributed by atoms with Crippen LogP contribution >= 0.6 is 15.9 Å². The fourth-order valence-electron chi connectivity index (χ4n) is 3.84. The lowest BCUT2D eigenvalue weighted by atomic mass is 10.0. The zero-order chi connectivity index (χ0) is 22.7. The van der Waals surface area contributed by atoms with E-state index in [2.05, 4.69) is 48.5 Å². The van der Waals surface area contributed by atoms with E-state index in [-0.39, 0.29) is 11.8 Å². The molecule has 0 unspecified atom stereocenters. The topological polar surface area (TPSA) is 76.3 Å². The van der Waals surface area contributed by atoms with Crippen LogP contribution in [0.4, 0.5) is 0 Å². The quantitative estimate of drug-likeness (QED) is 0.403. The van der Waals surface area contributed by atoms with Crippen molar-refractivity contribution in [2.75, 3.05) is 14.2 Å². The Kier molecular flexibility index (Phi) is 6.53. The summed E-state index contributed by atoms with van der Waals surface area (Å²) in [4.78, 5) is 2.11. The molecule has 8 heteroatoms. The molecule has 0 amide bonds. The standard InChI is InChI=1S/C24H24BrN5O2/c1-16-9-7-8-12-20(16)30-24(26-27-28-30)22(17-10-5-4-6-11-17)29(2)15-18-13-19(25)14-21(32-3)23(18)31/h4-14,22,31H,15H2,1-3H3/t22-/m1/s1. The highest BCUT2D eigenvalue weighted by Gasteiger charge is 2.27. The first-order valence-corrected chi connectivity index (χ1v) is 10.9. The molecule has 0 aliphatic heterocycles. The molecular weight excluding hydrogens is 470 g/mol. The molecule has 4 aromatic rings. The predicted octanol–water partition coefficient (Wildman–Crippen LogP) is 4.67. The van der Waals surface area contributed by atoms with E-state index >= 15 is 0 Å². The molecule has 32 heavy (non-hydrogen) atoms. The van der Waals surface area contributed by atoms with Crippen LogP contribution in [0.2, 0.25) is 0 Å². The average molecular weight is 494 g/mol. The second kappa shape index (κ2) is 9.50. The number of tetrazole rings is 1. The number of para-hydroxylation sites is 1. The van der Waals surface area contributed by atoms with Gasteiger partial charge in [-0.2, -0.15) is 4.68 Å². The van der Waals surface area contributed by atoms with Gasteiger partial charge in [-0.1, -0.05) is 64.5 Å². The number of aryl methyl sites for hydroxylation is 1. The number of aromatic nitrogens is 4. The number of phenolic OH excluding ortho intramolecular Hbond substituents is 1. The van der Waals surface area contributed by atoms with Gasteiger partial charge >= 0.3 is 0 Å². The van der Waals surface area contributed by atoms with Crippen LogP contribution in [-0.4, -0.2) is 44.4 Å². The number of hydrogen-bond acceptors (Lipinski definition) is 6. The van der Waals surface area contributed by atoms with Gasteiger partial charge in [-0.25, -0.2) is 0 Å². The third-order valence-electron chi connectivity index (χ3n) is 5.40. The minimum absolute atomic E-state index is 0.118. The highest BCUT2D eigenvalue weighted by molar-refractivity contribution is 9.10. The molecule has 0 saturated carbocycles. The Balaban J connectivity index is 1.79. The second-order valence-electron chi connectivity index (χ2n) is 7.58. The fourth-order valence-corrected chi connectivity index (χ4v) is 4.32. The van der Waals surface area contributed by atoms with E-state index in [4.69, 9.17) is 4.74 Å². The number of halogens is 1. The highest BCUT2D eigenvalue weighted by atomic mass is 79.9. The van der Waals surface area contributed by atoms with Crippen molar-refractivity contribution in [1.82, 2.24) is 25.1 Å². The summed E-state index contributed by atoms with van der Waals surface area (Å²) in [6, 6.07) is 21.5. The molecule has 1 heterocycles. The van der Waals surface area contributed by atoms with Gasteiger partial charge in [-0.05, 0) is 53.7 Å². The van der Waals surface area contributed by atoms with Gasteiger partial charge in [0, 0.05) is 16.6 Å². The molecule has 0 fully saturated rings. The van der Waals surface area contributed by atoms with Crippen molar-refractivity contribution in [3.63, 3.8) is 0 Å². The van der Waals surface area contributed by atoms with Crippen LogP contribution in [0.25, 0.3) is 5.69 Å². The van der Waals surface area contributed by atoms with E-state index < -0.39 is 0 Å². The summed E-state index contributed by atoms with van der Waals surface area (Å²) in [6.07, 6.45) is 0. The van der Waals surface area contributed by atoms with Crippen molar-refractivity contribution in [3.05, 3.63) is 93.7 Å². The lowest BCUT2D eigenvalue weighted by Gasteiger charge is -2.28. The number of benzene rings is 3. The molecule has 0 saturated heterocycles. The molecule has 0 radical (unpaired) electrons. The van der Waals surface area contributed by atoms with E-state index in [0.29, 0.717) is 18.1 Å². The molecule has 1 N–H and O–H groups in total. The minimum atomic E-state index is -0.254. The van der Waals surface area contributed by atoms with Gasteiger partial charge in [0.1, 0.15) is 0 Å². The Morgan fingerprint density at radius 3 is 2.53 bits per heavy atom. The first-order chi connectivity index (χ1) is 15.5. The van der Waals surface area contributed by atoms with Crippen LogP contribution in [0.1, 0.15) is 28.6 Å². The summed E-state index contributed by atoms with van der Waals surface area (Å²) in [5, 5.41) is 23.4. The zero-order valence-corrected chi connectivity index (χ0v) is 19.7. The number of phenols is 1. The molecule has 164 valence electrons. The van der Waals surface area contributed by atoms with Crippen molar-refractivity contribution in [3.8, 4) is 17.2 Å². The van der Waals surface area contributed by atoms with Crippen molar-refractivity contribution in [2.45, 2.75) is 19.5 Å². The van der Waals surface area contributed by atoms with Crippen LogP contribution < -0.4 is 4.74 Å².